The summed E-state index contributed by atoms with van der Waals surface area (Å²) in [6.07, 6.45) is 3.18. The molecule has 0 fully saturated rings. The zero-order valence-electron chi connectivity index (χ0n) is 9.69. The maximum Gasteiger partial charge on any atom is 0.256 e. The molecule has 0 saturated carbocycles. The van der Waals surface area contributed by atoms with Crippen molar-refractivity contribution in [2.24, 2.45) is 5.92 Å². The number of aliphatic hydroxyl groups is 1. The lowest BCUT2D eigenvalue weighted by Gasteiger charge is -2.07. The summed E-state index contributed by atoms with van der Waals surface area (Å²) in [5.74, 6) is 0.658. The summed E-state index contributed by atoms with van der Waals surface area (Å²) in [4.78, 5) is 11.6. The summed E-state index contributed by atoms with van der Waals surface area (Å²) in [6, 6.07) is 0. The van der Waals surface area contributed by atoms with Crippen LogP contribution >= 0.6 is 0 Å². The van der Waals surface area contributed by atoms with Crippen LogP contribution in [-0.4, -0.2) is 29.3 Å². The van der Waals surface area contributed by atoms with E-state index in [0.717, 1.165) is 12.8 Å². The molecule has 0 aromatic carbocycles. The van der Waals surface area contributed by atoms with Crippen molar-refractivity contribution in [3.63, 3.8) is 0 Å². The molecule has 1 heterocycles. The zero-order chi connectivity index (χ0) is 12.0. The third-order valence-corrected chi connectivity index (χ3v) is 2.47. The molecule has 1 aromatic heterocycles. The molecule has 5 heteroatoms. The smallest absolute Gasteiger partial charge is 0.256 e. The SMILES string of the molecule is Cc1oncc1C(=O)NCCCC(C)CO. The Hall–Kier alpha value is -1.36. The summed E-state index contributed by atoms with van der Waals surface area (Å²) in [5, 5.41) is 15.2. The standard InChI is InChI=1S/C11H18N2O3/c1-8(7-14)4-3-5-12-11(15)10-6-13-16-9(10)2/h6,8,14H,3-5,7H2,1-2H3,(H,12,15). The first kappa shape index (κ1) is 12.7. The average molecular weight is 226 g/mol. The van der Waals surface area contributed by atoms with Crippen LogP contribution in [0.4, 0.5) is 0 Å². The third kappa shape index (κ3) is 3.66. The second kappa shape index (κ2) is 6.27. The molecule has 0 aliphatic carbocycles. The Morgan fingerprint density at radius 3 is 3.00 bits per heavy atom. The van der Waals surface area contributed by atoms with E-state index in [1.165, 1.54) is 6.20 Å². The predicted molar refractivity (Wildman–Crippen MR) is 59.1 cm³/mol. The lowest BCUT2D eigenvalue weighted by Crippen LogP contribution is -2.25. The zero-order valence-corrected chi connectivity index (χ0v) is 9.69. The van der Waals surface area contributed by atoms with Crippen LogP contribution in [0.25, 0.3) is 0 Å². The Morgan fingerprint density at radius 2 is 2.44 bits per heavy atom. The van der Waals surface area contributed by atoms with Gasteiger partial charge in [0.2, 0.25) is 0 Å². The molecular formula is C11H18N2O3. The van der Waals surface area contributed by atoms with Crippen molar-refractivity contribution >= 4 is 5.91 Å². The van der Waals surface area contributed by atoms with E-state index < -0.39 is 0 Å². The molecule has 0 aliphatic rings. The molecule has 0 bridgehead atoms. The fourth-order valence-electron chi connectivity index (χ4n) is 1.36. The van der Waals surface area contributed by atoms with Crippen LogP contribution in [0.5, 0.6) is 0 Å². The van der Waals surface area contributed by atoms with E-state index in [-0.39, 0.29) is 18.4 Å². The first-order valence-electron chi connectivity index (χ1n) is 5.45. The van der Waals surface area contributed by atoms with Gasteiger partial charge in [0.15, 0.2) is 0 Å². The Morgan fingerprint density at radius 1 is 1.69 bits per heavy atom. The van der Waals surface area contributed by atoms with Gasteiger partial charge in [-0.1, -0.05) is 12.1 Å². The number of hydrogen-bond donors (Lipinski definition) is 2. The van der Waals surface area contributed by atoms with E-state index in [4.69, 9.17) is 9.63 Å². The first-order chi connectivity index (χ1) is 7.65. The van der Waals surface area contributed by atoms with Gasteiger partial charge in [0, 0.05) is 13.2 Å². The van der Waals surface area contributed by atoms with Crippen LogP contribution in [0.1, 0.15) is 35.9 Å². The maximum atomic E-state index is 11.6. The highest BCUT2D eigenvalue weighted by atomic mass is 16.5. The van der Waals surface area contributed by atoms with Crippen LogP contribution in [0, 0.1) is 12.8 Å². The van der Waals surface area contributed by atoms with E-state index in [9.17, 15) is 4.79 Å². The number of aromatic nitrogens is 1. The highest BCUT2D eigenvalue weighted by Crippen LogP contribution is 2.06. The Bertz CT molecular complexity index is 336. The second-order valence-corrected chi connectivity index (χ2v) is 3.98. The quantitative estimate of drug-likeness (QED) is 0.713. The summed E-state index contributed by atoms with van der Waals surface area (Å²) in [6.45, 7) is 4.48. The van der Waals surface area contributed by atoms with Crippen LogP contribution in [-0.2, 0) is 0 Å². The van der Waals surface area contributed by atoms with Gasteiger partial charge in [-0.2, -0.15) is 0 Å². The molecule has 90 valence electrons. The molecule has 1 aromatic rings. The molecule has 1 atom stereocenters. The molecule has 1 rings (SSSR count). The van der Waals surface area contributed by atoms with Gasteiger partial charge >= 0.3 is 0 Å². The normalized spacial score (nSPS) is 12.4. The van der Waals surface area contributed by atoms with Crippen LogP contribution in [0.2, 0.25) is 0 Å². The van der Waals surface area contributed by atoms with E-state index in [1.807, 2.05) is 6.92 Å². The molecule has 0 spiro atoms. The largest absolute Gasteiger partial charge is 0.396 e. The van der Waals surface area contributed by atoms with Gasteiger partial charge in [-0.25, -0.2) is 0 Å². The van der Waals surface area contributed by atoms with Gasteiger partial charge in [-0.15, -0.1) is 0 Å². The first-order valence-corrected chi connectivity index (χ1v) is 5.45. The van der Waals surface area contributed by atoms with Crippen LogP contribution < -0.4 is 5.32 Å². The number of aryl methyl sites for hydroxylation is 1. The number of nitrogens with one attached hydrogen (secondary N) is 1. The van der Waals surface area contributed by atoms with Crippen molar-refractivity contribution in [3.05, 3.63) is 17.5 Å². The number of carbonyl (C=O) groups is 1. The van der Waals surface area contributed by atoms with Gasteiger partial charge in [-0.3, -0.25) is 4.79 Å². The number of amides is 1. The van der Waals surface area contributed by atoms with Gasteiger partial charge in [0.1, 0.15) is 11.3 Å². The molecular weight excluding hydrogens is 208 g/mol. The van der Waals surface area contributed by atoms with Crippen molar-refractivity contribution in [2.45, 2.75) is 26.7 Å². The van der Waals surface area contributed by atoms with Crippen LogP contribution in [0.3, 0.4) is 0 Å². The summed E-state index contributed by atoms with van der Waals surface area (Å²) < 4.78 is 4.80. The van der Waals surface area contributed by atoms with Crippen LogP contribution in [0.15, 0.2) is 10.7 Å². The molecule has 0 saturated heterocycles. The summed E-state index contributed by atoms with van der Waals surface area (Å²) in [7, 11) is 0. The number of aliphatic hydroxyl groups excluding tert-OH is 1. The molecule has 2 N–H and O–H groups in total. The molecule has 16 heavy (non-hydrogen) atoms. The lowest BCUT2D eigenvalue weighted by atomic mass is 10.1. The summed E-state index contributed by atoms with van der Waals surface area (Å²) in [5.41, 5.74) is 0.482. The Labute approximate surface area is 94.8 Å². The van der Waals surface area contributed by atoms with Gasteiger partial charge < -0.3 is 14.9 Å². The molecule has 1 amide bonds. The van der Waals surface area contributed by atoms with Crippen molar-refractivity contribution < 1.29 is 14.4 Å². The molecule has 1 unspecified atom stereocenters. The Kier molecular flexibility index (Phi) is 4.98. The fourth-order valence-corrected chi connectivity index (χ4v) is 1.36. The summed E-state index contributed by atoms with van der Waals surface area (Å²) >= 11 is 0. The van der Waals surface area contributed by atoms with E-state index >= 15 is 0 Å². The predicted octanol–water partition coefficient (Wildman–Crippen LogP) is 1.12. The number of rotatable bonds is 6. The van der Waals surface area contributed by atoms with Gasteiger partial charge in [-0.05, 0) is 25.7 Å². The van der Waals surface area contributed by atoms with E-state index in [1.54, 1.807) is 6.92 Å². The maximum absolute atomic E-state index is 11.6. The van der Waals surface area contributed by atoms with E-state index in [2.05, 4.69) is 10.5 Å². The molecule has 0 radical (unpaired) electrons. The van der Waals surface area contributed by atoms with Crippen molar-refractivity contribution in [1.29, 1.82) is 0 Å². The fraction of sp³-hybridized carbons (Fsp3) is 0.636. The number of carbonyl (C=O) groups excluding carboxylic acids is 1. The Balaban J connectivity index is 2.24. The van der Waals surface area contributed by atoms with E-state index in [0.29, 0.717) is 17.9 Å². The highest BCUT2D eigenvalue weighted by Gasteiger charge is 2.11. The monoisotopic (exact) mass is 226 g/mol. The minimum absolute atomic E-state index is 0.157. The number of hydrogen-bond acceptors (Lipinski definition) is 4. The van der Waals surface area contributed by atoms with Crippen molar-refractivity contribution in [3.8, 4) is 0 Å². The van der Waals surface area contributed by atoms with Gasteiger partial charge in [0.05, 0.1) is 6.20 Å². The van der Waals surface area contributed by atoms with Crippen molar-refractivity contribution in [1.82, 2.24) is 10.5 Å². The second-order valence-electron chi connectivity index (χ2n) is 3.98. The minimum atomic E-state index is -0.157. The minimum Gasteiger partial charge on any atom is -0.396 e. The van der Waals surface area contributed by atoms with Gasteiger partial charge in [0.25, 0.3) is 5.91 Å². The topological polar surface area (TPSA) is 75.4 Å². The average Bonchev–Trinajstić information content (AvgIpc) is 2.70. The highest BCUT2D eigenvalue weighted by molar-refractivity contribution is 5.94. The number of nitrogens with zero attached hydrogens (tertiary/aromatic N) is 1. The molecule has 5 nitrogen and oxygen atoms in total. The molecule has 0 aliphatic heterocycles. The third-order valence-electron chi connectivity index (χ3n) is 2.47. The van der Waals surface area contributed by atoms with Crippen molar-refractivity contribution in [2.75, 3.05) is 13.2 Å². The lowest BCUT2D eigenvalue weighted by molar-refractivity contribution is 0.0950.